The Bertz CT molecular complexity index is 337. The molecule has 0 bridgehead atoms. The molecule has 4 heteroatoms. The third-order valence-electron chi connectivity index (χ3n) is 3.37. The van der Waals surface area contributed by atoms with E-state index >= 15 is 0 Å². The van der Waals surface area contributed by atoms with Gasteiger partial charge < -0.3 is 0 Å². The van der Waals surface area contributed by atoms with Crippen LogP contribution in [0, 0.1) is 5.92 Å². The molecular weight excluding hydrogens is 266 g/mol. The quantitative estimate of drug-likeness (QED) is 0.660. The molecule has 0 aromatic carbocycles. The van der Waals surface area contributed by atoms with Crippen LogP contribution in [-0.2, 0) is 0 Å². The van der Waals surface area contributed by atoms with Crippen LogP contribution in [0.15, 0.2) is 22.9 Å². The maximum atomic E-state index is 5.64. The molecule has 0 saturated heterocycles. The van der Waals surface area contributed by atoms with Gasteiger partial charge in [-0.15, -0.1) is 0 Å². The van der Waals surface area contributed by atoms with Crippen LogP contribution in [0.5, 0.6) is 0 Å². The molecule has 1 saturated carbocycles. The molecule has 3 nitrogen and oxygen atoms in total. The van der Waals surface area contributed by atoms with Gasteiger partial charge in [0.2, 0.25) is 0 Å². The van der Waals surface area contributed by atoms with Crippen molar-refractivity contribution in [2.45, 2.75) is 38.1 Å². The van der Waals surface area contributed by atoms with Gasteiger partial charge in [-0.2, -0.15) is 0 Å². The van der Waals surface area contributed by atoms with E-state index in [0.29, 0.717) is 0 Å². The van der Waals surface area contributed by atoms with Crippen LogP contribution in [0.25, 0.3) is 0 Å². The van der Waals surface area contributed by atoms with Crippen molar-refractivity contribution in [3.63, 3.8) is 0 Å². The predicted octanol–water partition coefficient (Wildman–Crippen LogP) is 2.93. The lowest BCUT2D eigenvalue weighted by Gasteiger charge is -2.19. The Balaban J connectivity index is 2.03. The highest BCUT2D eigenvalue weighted by molar-refractivity contribution is 9.10. The first-order chi connectivity index (χ1) is 7.79. The highest BCUT2D eigenvalue weighted by Gasteiger charge is 2.20. The van der Waals surface area contributed by atoms with Crippen molar-refractivity contribution in [1.29, 1.82) is 0 Å². The summed E-state index contributed by atoms with van der Waals surface area (Å²) in [5.74, 6) is 6.46. The fourth-order valence-electron chi connectivity index (χ4n) is 2.50. The van der Waals surface area contributed by atoms with E-state index in [1.807, 2.05) is 6.20 Å². The standard InChI is InChI=1S/C12H18BrN3/c13-11-6-10(7-15-8-11)12(16-14)5-9-3-1-2-4-9/h6-9,12,16H,1-5,14H2. The first-order valence-corrected chi connectivity index (χ1v) is 6.65. The van der Waals surface area contributed by atoms with E-state index in [9.17, 15) is 0 Å². The van der Waals surface area contributed by atoms with Crippen LogP contribution in [0.2, 0.25) is 0 Å². The number of nitrogens with one attached hydrogen (secondary N) is 1. The SMILES string of the molecule is NNC(CC1CCCC1)c1cncc(Br)c1. The summed E-state index contributed by atoms with van der Waals surface area (Å²) in [7, 11) is 0. The molecule has 1 aliphatic carbocycles. The average molecular weight is 284 g/mol. The minimum absolute atomic E-state index is 0.230. The molecule has 1 aromatic rings. The Morgan fingerprint density at radius 2 is 2.19 bits per heavy atom. The number of hydrogen-bond acceptors (Lipinski definition) is 3. The van der Waals surface area contributed by atoms with Gasteiger partial charge in [-0.1, -0.05) is 25.7 Å². The summed E-state index contributed by atoms with van der Waals surface area (Å²) in [6.45, 7) is 0. The van der Waals surface area contributed by atoms with Gasteiger partial charge in [0.05, 0.1) is 0 Å². The number of pyridine rings is 1. The zero-order valence-corrected chi connectivity index (χ0v) is 10.9. The minimum atomic E-state index is 0.230. The van der Waals surface area contributed by atoms with Gasteiger partial charge in [-0.25, -0.2) is 0 Å². The lowest BCUT2D eigenvalue weighted by molar-refractivity contribution is 0.399. The fraction of sp³-hybridized carbons (Fsp3) is 0.583. The van der Waals surface area contributed by atoms with E-state index < -0.39 is 0 Å². The number of nitrogens with zero attached hydrogens (tertiary/aromatic N) is 1. The molecule has 0 aliphatic heterocycles. The van der Waals surface area contributed by atoms with E-state index in [0.717, 1.165) is 16.8 Å². The van der Waals surface area contributed by atoms with Gasteiger partial charge in [0.25, 0.3) is 0 Å². The molecular formula is C12H18BrN3. The van der Waals surface area contributed by atoms with Crippen molar-refractivity contribution in [3.05, 3.63) is 28.5 Å². The minimum Gasteiger partial charge on any atom is -0.271 e. The van der Waals surface area contributed by atoms with Gasteiger partial charge in [0.1, 0.15) is 0 Å². The Hall–Kier alpha value is -0.450. The van der Waals surface area contributed by atoms with Crippen molar-refractivity contribution in [1.82, 2.24) is 10.4 Å². The number of hydrogen-bond donors (Lipinski definition) is 2. The maximum absolute atomic E-state index is 5.64. The van der Waals surface area contributed by atoms with Crippen molar-refractivity contribution >= 4 is 15.9 Å². The third kappa shape index (κ3) is 3.03. The van der Waals surface area contributed by atoms with Crippen LogP contribution in [0.4, 0.5) is 0 Å². The molecule has 0 amide bonds. The molecule has 0 radical (unpaired) electrons. The van der Waals surface area contributed by atoms with E-state index in [1.54, 1.807) is 6.20 Å². The molecule has 2 rings (SSSR count). The molecule has 3 N–H and O–H groups in total. The first kappa shape index (κ1) is 12.0. The number of nitrogens with two attached hydrogens (primary N) is 1. The summed E-state index contributed by atoms with van der Waals surface area (Å²) >= 11 is 3.44. The van der Waals surface area contributed by atoms with Crippen LogP contribution >= 0.6 is 15.9 Å². The van der Waals surface area contributed by atoms with Crippen molar-refractivity contribution in [2.24, 2.45) is 11.8 Å². The Morgan fingerprint density at radius 3 is 2.81 bits per heavy atom. The highest BCUT2D eigenvalue weighted by Crippen LogP contribution is 2.32. The van der Waals surface area contributed by atoms with Crippen LogP contribution < -0.4 is 11.3 Å². The second-order valence-corrected chi connectivity index (χ2v) is 5.46. The molecule has 1 aliphatic rings. The normalized spacial score (nSPS) is 18.9. The van der Waals surface area contributed by atoms with E-state index in [2.05, 4.69) is 32.4 Å². The summed E-state index contributed by atoms with van der Waals surface area (Å²) in [4.78, 5) is 4.19. The molecule has 1 unspecified atom stereocenters. The second-order valence-electron chi connectivity index (χ2n) is 4.54. The summed E-state index contributed by atoms with van der Waals surface area (Å²) in [5, 5.41) is 0. The van der Waals surface area contributed by atoms with Crippen LogP contribution in [-0.4, -0.2) is 4.98 Å². The van der Waals surface area contributed by atoms with E-state index in [-0.39, 0.29) is 6.04 Å². The number of halogens is 1. The Kier molecular flexibility index (Phi) is 4.32. The van der Waals surface area contributed by atoms with Crippen molar-refractivity contribution in [3.8, 4) is 0 Å². The van der Waals surface area contributed by atoms with E-state index in [1.165, 1.54) is 31.2 Å². The average Bonchev–Trinajstić information content (AvgIpc) is 2.78. The second kappa shape index (κ2) is 5.75. The number of hydrazine groups is 1. The Labute approximate surface area is 105 Å². The van der Waals surface area contributed by atoms with Crippen molar-refractivity contribution < 1.29 is 0 Å². The van der Waals surface area contributed by atoms with Crippen LogP contribution in [0.3, 0.4) is 0 Å². The largest absolute Gasteiger partial charge is 0.271 e. The predicted molar refractivity (Wildman–Crippen MR) is 68.6 cm³/mol. The molecule has 16 heavy (non-hydrogen) atoms. The third-order valence-corrected chi connectivity index (χ3v) is 3.81. The van der Waals surface area contributed by atoms with Gasteiger partial charge in [0.15, 0.2) is 0 Å². The lowest BCUT2D eigenvalue weighted by Crippen LogP contribution is -2.29. The van der Waals surface area contributed by atoms with Crippen LogP contribution in [0.1, 0.15) is 43.7 Å². The maximum Gasteiger partial charge on any atom is 0.0478 e. The van der Waals surface area contributed by atoms with Gasteiger partial charge in [-0.3, -0.25) is 16.3 Å². The monoisotopic (exact) mass is 283 g/mol. The molecule has 1 fully saturated rings. The zero-order chi connectivity index (χ0) is 11.4. The molecule has 1 atom stereocenters. The van der Waals surface area contributed by atoms with Crippen molar-refractivity contribution in [2.75, 3.05) is 0 Å². The summed E-state index contributed by atoms with van der Waals surface area (Å²) < 4.78 is 1.01. The summed E-state index contributed by atoms with van der Waals surface area (Å²) in [6, 6.07) is 2.32. The molecule has 1 aromatic heterocycles. The highest BCUT2D eigenvalue weighted by atomic mass is 79.9. The molecule has 0 spiro atoms. The lowest BCUT2D eigenvalue weighted by atomic mass is 9.95. The smallest absolute Gasteiger partial charge is 0.0478 e. The molecule has 88 valence electrons. The molecule has 1 heterocycles. The number of rotatable bonds is 4. The summed E-state index contributed by atoms with van der Waals surface area (Å²) in [6.07, 6.45) is 10.3. The Morgan fingerprint density at radius 1 is 1.44 bits per heavy atom. The topological polar surface area (TPSA) is 50.9 Å². The van der Waals surface area contributed by atoms with Gasteiger partial charge >= 0.3 is 0 Å². The summed E-state index contributed by atoms with van der Waals surface area (Å²) in [5.41, 5.74) is 4.08. The zero-order valence-electron chi connectivity index (χ0n) is 9.32. The van der Waals surface area contributed by atoms with Gasteiger partial charge in [0, 0.05) is 22.9 Å². The number of aromatic nitrogens is 1. The van der Waals surface area contributed by atoms with E-state index in [4.69, 9.17) is 5.84 Å². The first-order valence-electron chi connectivity index (χ1n) is 5.86. The fourth-order valence-corrected chi connectivity index (χ4v) is 2.88. The van der Waals surface area contributed by atoms with Gasteiger partial charge in [-0.05, 0) is 39.9 Å².